The number of hydrogen-bond donors (Lipinski definition) is 0. The molecule has 0 aliphatic heterocycles. The average Bonchev–Trinajstić information content (AvgIpc) is 2.94. The average molecular weight is 301 g/mol. The molecule has 4 nitrogen and oxygen atoms in total. The van der Waals surface area contributed by atoms with E-state index in [2.05, 4.69) is 13.0 Å². The van der Waals surface area contributed by atoms with Crippen LogP contribution in [-0.4, -0.2) is 10.8 Å². The summed E-state index contributed by atoms with van der Waals surface area (Å²) in [6.45, 7) is 5.24. The van der Waals surface area contributed by atoms with E-state index in [9.17, 15) is 4.79 Å². The van der Waals surface area contributed by atoms with Crippen LogP contribution in [0.2, 0.25) is 0 Å². The first kappa shape index (κ1) is 14.9. The standard InChI is InChI=1S/C18H23NO3/c1-3-5-18(20)19(11-14-6-4-9-21-14)12-15-7-8-17(22-15)16-10-13(16)2/h4,6-9,13,16H,3,5,10-12H2,1-2H3. The molecule has 1 saturated carbocycles. The molecule has 0 bridgehead atoms. The van der Waals surface area contributed by atoms with Gasteiger partial charge in [0.15, 0.2) is 0 Å². The molecule has 0 spiro atoms. The Bertz CT molecular complexity index is 614. The van der Waals surface area contributed by atoms with Crippen LogP contribution in [0, 0.1) is 5.92 Å². The lowest BCUT2D eigenvalue weighted by molar-refractivity contribution is -0.133. The number of nitrogens with zero attached hydrogens (tertiary/aromatic N) is 1. The van der Waals surface area contributed by atoms with Gasteiger partial charge >= 0.3 is 0 Å². The fraction of sp³-hybridized carbons (Fsp3) is 0.500. The summed E-state index contributed by atoms with van der Waals surface area (Å²) in [6, 6.07) is 7.79. The molecule has 0 saturated heterocycles. The van der Waals surface area contributed by atoms with Gasteiger partial charge in [-0.3, -0.25) is 4.79 Å². The van der Waals surface area contributed by atoms with Crippen molar-refractivity contribution < 1.29 is 13.6 Å². The van der Waals surface area contributed by atoms with E-state index >= 15 is 0 Å². The highest BCUT2D eigenvalue weighted by atomic mass is 16.3. The molecule has 0 aromatic carbocycles. The molecule has 118 valence electrons. The number of carbonyl (C=O) groups is 1. The van der Waals surface area contributed by atoms with Crippen molar-refractivity contribution in [1.82, 2.24) is 4.90 Å². The molecule has 22 heavy (non-hydrogen) atoms. The molecule has 2 atom stereocenters. The molecule has 2 heterocycles. The minimum atomic E-state index is 0.136. The smallest absolute Gasteiger partial charge is 0.223 e. The van der Waals surface area contributed by atoms with Crippen molar-refractivity contribution in [3.63, 3.8) is 0 Å². The van der Waals surface area contributed by atoms with Gasteiger partial charge in [0.05, 0.1) is 19.4 Å². The van der Waals surface area contributed by atoms with E-state index in [-0.39, 0.29) is 5.91 Å². The van der Waals surface area contributed by atoms with Gasteiger partial charge in [-0.1, -0.05) is 13.8 Å². The first-order chi connectivity index (χ1) is 10.7. The normalized spacial score (nSPS) is 20.1. The maximum absolute atomic E-state index is 12.3. The van der Waals surface area contributed by atoms with Crippen LogP contribution in [0.25, 0.3) is 0 Å². The van der Waals surface area contributed by atoms with Crippen molar-refractivity contribution in [3.8, 4) is 0 Å². The lowest BCUT2D eigenvalue weighted by atomic mass is 10.2. The van der Waals surface area contributed by atoms with E-state index in [4.69, 9.17) is 8.83 Å². The Labute approximate surface area is 131 Å². The highest BCUT2D eigenvalue weighted by molar-refractivity contribution is 5.76. The van der Waals surface area contributed by atoms with Crippen LogP contribution in [0.5, 0.6) is 0 Å². The molecule has 2 unspecified atom stereocenters. The largest absolute Gasteiger partial charge is 0.467 e. The second-order valence-corrected chi connectivity index (χ2v) is 6.20. The van der Waals surface area contributed by atoms with Crippen LogP contribution in [0.3, 0.4) is 0 Å². The van der Waals surface area contributed by atoms with E-state index in [1.807, 2.05) is 25.1 Å². The molecule has 1 aliphatic rings. The van der Waals surface area contributed by atoms with Crippen molar-refractivity contribution >= 4 is 5.91 Å². The Morgan fingerprint density at radius 1 is 1.27 bits per heavy atom. The topological polar surface area (TPSA) is 46.6 Å². The Kier molecular flexibility index (Phi) is 4.36. The van der Waals surface area contributed by atoms with E-state index in [0.29, 0.717) is 25.4 Å². The second kappa shape index (κ2) is 6.42. The lowest BCUT2D eigenvalue weighted by Crippen LogP contribution is -2.29. The minimum absolute atomic E-state index is 0.136. The van der Waals surface area contributed by atoms with E-state index < -0.39 is 0 Å². The SMILES string of the molecule is CCCC(=O)N(Cc1ccco1)Cc1ccc(C2CC2C)o1. The summed E-state index contributed by atoms with van der Waals surface area (Å²) in [5.41, 5.74) is 0. The van der Waals surface area contributed by atoms with Crippen LogP contribution in [0.15, 0.2) is 39.4 Å². The Morgan fingerprint density at radius 2 is 2.05 bits per heavy atom. The molecule has 0 N–H and O–H groups in total. The van der Waals surface area contributed by atoms with Gasteiger partial charge in [0.2, 0.25) is 5.91 Å². The van der Waals surface area contributed by atoms with Gasteiger partial charge in [0, 0.05) is 12.3 Å². The van der Waals surface area contributed by atoms with E-state index in [1.54, 1.807) is 11.2 Å². The third kappa shape index (κ3) is 3.43. The van der Waals surface area contributed by atoms with Gasteiger partial charge in [0.25, 0.3) is 0 Å². The molecule has 2 aromatic heterocycles. The predicted molar refractivity (Wildman–Crippen MR) is 83.1 cm³/mol. The third-order valence-corrected chi connectivity index (χ3v) is 4.25. The van der Waals surface area contributed by atoms with Gasteiger partial charge in [-0.25, -0.2) is 0 Å². The van der Waals surface area contributed by atoms with Gasteiger partial charge in [0.1, 0.15) is 17.3 Å². The molecule has 2 aromatic rings. The zero-order chi connectivity index (χ0) is 15.5. The van der Waals surface area contributed by atoms with Gasteiger partial charge in [-0.15, -0.1) is 0 Å². The summed E-state index contributed by atoms with van der Waals surface area (Å²) >= 11 is 0. The fourth-order valence-electron chi connectivity index (χ4n) is 2.78. The molecule has 4 heteroatoms. The number of rotatable bonds is 7. The first-order valence-electron chi connectivity index (χ1n) is 8.06. The van der Waals surface area contributed by atoms with Gasteiger partial charge in [-0.2, -0.15) is 0 Å². The van der Waals surface area contributed by atoms with Crippen LogP contribution in [-0.2, 0) is 17.9 Å². The molecule has 1 aliphatic carbocycles. The highest BCUT2D eigenvalue weighted by Crippen LogP contribution is 2.47. The van der Waals surface area contributed by atoms with Crippen molar-refractivity contribution in [2.75, 3.05) is 0 Å². The molecular weight excluding hydrogens is 278 g/mol. The van der Waals surface area contributed by atoms with E-state index in [0.717, 1.165) is 29.6 Å². The first-order valence-corrected chi connectivity index (χ1v) is 8.06. The molecule has 3 rings (SSSR count). The third-order valence-electron chi connectivity index (χ3n) is 4.25. The fourth-order valence-corrected chi connectivity index (χ4v) is 2.78. The monoisotopic (exact) mass is 301 g/mol. The minimum Gasteiger partial charge on any atom is -0.467 e. The van der Waals surface area contributed by atoms with Gasteiger partial charge in [-0.05, 0) is 43.0 Å². The molecule has 1 amide bonds. The quantitative estimate of drug-likeness (QED) is 0.765. The van der Waals surface area contributed by atoms with Crippen LogP contribution in [0.4, 0.5) is 0 Å². The van der Waals surface area contributed by atoms with Gasteiger partial charge < -0.3 is 13.7 Å². The summed E-state index contributed by atoms with van der Waals surface area (Å²) in [5, 5.41) is 0. The number of hydrogen-bond acceptors (Lipinski definition) is 3. The molecule has 1 fully saturated rings. The maximum atomic E-state index is 12.3. The summed E-state index contributed by atoms with van der Waals surface area (Å²) in [5.74, 6) is 4.13. The number of carbonyl (C=O) groups excluding carboxylic acids is 1. The summed E-state index contributed by atoms with van der Waals surface area (Å²) in [6.07, 6.45) is 4.24. The number of amides is 1. The van der Waals surface area contributed by atoms with Crippen LogP contribution < -0.4 is 0 Å². The zero-order valence-corrected chi connectivity index (χ0v) is 13.2. The van der Waals surface area contributed by atoms with Crippen molar-refractivity contribution in [2.24, 2.45) is 5.92 Å². The van der Waals surface area contributed by atoms with Crippen molar-refractivity contribution in [2.45, 2.75) is 52.1 Å². The Balaban J connectivity index is 1.68. The predicted octanol–water partition coefficient (Wildman–Crippen LogP) is 4.32. The van der Waals surface area contributed by atoms with Crippen LogP contribution >= 0.6 is 0 Å². The highest BCUT2D eigenvalue weighted by Gasteiger charge is 2.36. The van der Waals surface area contributed by atoms with Crippen molar-refractivity contribution in [3.05, 3.63) is 47.8 Å². The summed E-state index contributed by atoms with van der Waals surface area (Å²) < 4.78 is 11.3. The molecular formula is C18H23NO3. The maximum Gasteiger partial charge on any atom is 0.223 e. The Morgan fingerprint density at radius 3 is 2.68 bits per heavy atom. The van der Waals surface area contributed by atoms with E-state index in [1.165, 1.54) is 6.42 Å². The zero-order valence-electron chi connectivity index (χ0n) is 13.2. The van der Waals surface area contributed by atoms with Crippen LogP contribution in [0.1, 0.15) is 56.3 Å². The lowest BCUT2D eigenvalue weighted by Gasteiger charge is -2.20. The molecule has 0 radical (unpaired) electrons. The van der Waals surface area contributed by atoms with Crippen molar-refractivity contribution in [1.29, 1.82) is 0 Å². The summed E-state index contributed by atoms with van der Waals surface area (Å²) in [7, 11) is 0. The second-order valence-electron chi connectivity index (χ2n) is 6.20. The number of furan rings is 2. The summed E-state index contributed by atoms with van der Waals surface area (Å²) in [4.78, 5) is 14.1. The Hall–Kier alpha value is -1.97.